The molecule has 0 radical (unpaired) electrons. The van der Waals surface area contributed by atoms with Crippen LogP contribution in [0.4, 0.5) is 0 Å². The van der Waals surface area contributed by atoms with Gasteiger partial charge in [-0.05, 0) is 63.4 Å². The summed E-state index contributed by atoms with van der Waals surface area (Å²) in [6, 6.07) is 12.0. The van der Waals surface area contributed by atoms with Gasteiger partial charge in [0.25, 0.3) is 5.91 Å². The van der Waals surface area contributed by atoms with E-state index >= 15 is 0 Å². The molecule has 12 heteroatoms. The molecule has 0 saturated carbocycles. The van der Waals surface area contributed by atoms with Gasteiger partial charge < -0.3 is 29.7 Å². The van der Waals surface area contributed by atoms with Crippen molar-refractivity contribution in [2.75, 3.05) is 26.7 Å². The third-order valence-electron chi connectivity index (χ3n) is 8.11. The van der Waals surface area contributed by atoms with E-state index in [9.17, 15) is 19.2 Å². The highest BCUT2D eigenvalue weighted by Gasteiger charge is 2.34. The van der Waals surface area contributed by atoms with Crippen molar-refractivity contribution in [2.24, 2.45) is 0 Å². The van der Waals surface area contributed by atoms with Crippen molar-refractivity contribution in [3.05, 3.63) is 70.5 Å². The Labute approximate surface area is 262 Å². The SMILES string of the molecule is COc1cc2cc(c1)C(=O)NCCCC(=O)N[C@H]1CN(C(=O)Cn3nc(C)c(C(C)=O)c3C)CC[C@@H]1OCc1cccc(c1)O2. The van der Waals surface area contributed by atoms with Crippen molar-refractivity contribution in [3.8, 4) is 17.2 Å². The minimum atomic E-state index is -0.441. The Balaban J connectivity index is 1.33. The fraction of sp³-hybridized carbons (Fsp3) is 0.424. The summed E-state index contributed by atoms with van der Waals surface area (Å²) in [7, 11) is 1.52. The summed E-state index contributed by atoms with van der Waals surface area (Å²) in [6.07, 6.45) is 0.795. The Morgan fingerprint density at radius 1 is 1.11 bits per heavy atom. The zero-order chi connectivity index (χ0) is 32.1. The number of rotatable bonds is 4. The van der Waals surface area contributed by atoms with Gasteiger partial charge in [-0.1, -0.05) is 12.1 Å². The summed E-state index contributed by atoms with van der Waals surface area (Å²) in [4.78, 5) is 53.1. The van der Waals surface area contributed by atoms with Crippen molar-refractivity contribution in [1.82, 2.24) is 25.3 Å². The quantitative estimate of drug-likeness (QED) is 0.425. The molecule has 0 spiro atoms. The predicted octanol–water partition coefficient (Wildman–Crippen LogP) is 3.33. The minimum Gasteiger partial charge on any atom is -0.497 e. The molecule has 5 rings (SSSR count). The largest absolute Gasteiger partial charge is 0.497 e. The highest BCUT2D eigenvalue weighted by molar-refractivity contribution is 5.96. The number of methoxy groups -OCH3 is 1. The molecule has 2 aromatic carbocycles. The van der Waals surface area contributed by atoms with Crippen molar-refractivity contribution < 1.29 is 33.4 Å². The Morgan fingerprint density at radius 3 is 2.69 bits per heavy atom. The number of aromatic nitrogens is 2. The number of ketones is 1. The second-order valence-corrected chi connectivity index (χ2v) is 11.4. The van der Waals surface area contributed by atoms with Crippen molar-refractivity contribution >= 4 is 23.5 Å². The number of likely N-dealkylation sites (tertiary alicyclic amines) is 1. The van der Waals surface area contributed by atoms with Crippen LogP contribution in [0.3, 0.4) is 0 Å². The average Bonchev–Trinajstić information content (AvgIpc) is 3.29. The third-order valence-corrected chi connectivity index (χ3v) is 8.11. The lowest BCUT2D eigenvalue weighted by Crippen LogP contribution is -2.57. The van der Waals surface area contributed by atoms with Gasteiger partial charge in [0, 0.05) is 43.4 Å². The molecule has 45 heavy (non-hydrogen) atoms. The molecule has 3 aromatic rings. The molecule has 2 aliphatic rings. The molecular formula is C33H39N5O7. The van der Waals surface area contributed by atoms with Gasteiger partial charge in [0.1, 0.15) is 23.8 Å². The Kier molecular flexibility index (Phi) is 9.82. The highest BCUT2D eigenvalue weighted by atomic mass is 16.5. The first-order valence-electron chi connectivity index (χ1n) is 15.1. The number of amides is 3. The molecule has 0 aliphatic carbocycles. The van der Waals surface area contributed by atoms with Gasteiger partial charge in [-0.3, -0.25) is 23.9 Å². The molecule has 0 unspecified atom stereocenters. The summed E-state index contributed by atoms with van der Waals surface area (Å²) in [5, 5.41) is 10.3. The fourth-order valence-electron chi connectivity index (χ4n) is 5.83. The van der Waals surface area contributed by atoms with Crippen LogP contribution in [0.5, 0.6) is 17.2 Å². The number of ether oxygens (including phenoxy) is 3. The van der Waals surface area contributed by atoms with Crippen LogP contribution in [0.15, 0.2) is 42.5 Å². The lowest BCUT2D eigenvalue weighted by molar-refractivity contribution is -0.138. The van der Waals surface area contributed by atoms with Crippen molar-refractivity contribution in [2.45, 2.75) is 65.3 Å². The summed E-state index contributed by atoms with van der Waals surface area (Å²) < 4.78 is 19.4. The van der Waals surface area contributed by atoms with E-state index in [0.29, 0.717) is 65.7 Å². The second-order valence-electron chi connectivity index (χ2n) is 11.4. The van der Waals surface area contributed by atoms with E-state index in [1.807, 2.05) is 24.3 Å². The monoisotopic (exact) mass is 617 g/mol. The van der Waals surface area contributed by atoms with Gasteiger partial charge in [-0.15, -0.1) is 0 Å². The molecule has 1 aromatic heterocycles. The minimum absolute atomic E-state index is 0.00738. The molecule has 12 nitrogen and oxygen atoms in total. The number of nitrogens with zero attached hydrogens (tertiary/aromatic N) is 3. The predicted molar refractivity (Wildman–Crippen MR) is 164 cm³/mol. The second kappa shape index (κ2) is 13.9. The molecule has 3 heterocycles. The van der Waals surface area contributed by atoms with Gasteiger partial charge in [0.2, 0.25) is 11.8 Å². The molecule has 4 bridgehead atoms. The van der Waals surface area contributed by atoms with Crippen LogP contribution in [-0.2, 0) is 27.5 Å². The molecule has 1 fully saturated rings. The Morgan fingerprint density at radius 2 is 1.93 bits per heavy atom. The summed E-state index contributed by atoms with van der Waals surface area (Å²) in [5.41, 5.74) is 3.02. The van der Waals surface area contributed by atoms with Gasteiger partial charge >= 0.3 is 0 Å². The van der Waals surface area contributed by atoms with Crippen LogP contribution in [-0.4, -0.2) is 77.1 Å². The molecular weight excluding hydrogens is 578 g/mol. The van der Waals surface area contributed by atoms with E-state index in [2.05, 4.69) is 15.7 Å². The maximum Gasteiger partial charge on any atom is 0.251 e. The van der Waals surface area contributed by atoms with E-state index in [-0.39, 0.29) is 55.7 Å². The van der Waals surface area contributed by atoms with E-state index < -0.39 is 6.04 Å². The van der Waals surface area contributed by atoms with Gasteiger partial charge in [0.05, 0.1) is 37.1 Å². The average molecular weight is 618 g/mol. The topological polar surface area (TPSA) is 141 Å². The normalized spacial score (nSPS) is 19.2. The molecule has 3 amide bonds. The summed E-state index contributed by atoms with van der Waals surface area (Å²) >= 11 is 0. The van der Waals surface area contributed by atoms with Gasteiger partial charge in [-0.2, -0.15) is 5.10 Å². The maximum atomic E-state index is 13.4. The van der Waals surface area contributed by atoms with Crippen LogP contribution >= 0.6 is 0 Å². The van der Waals surface area contributed by atoms with Crippen molar-refractivity contribution in [3.63, 3.8) is 0 Å². The molecule has 2 N–H and O–H groups in total. The number of carbonyl (C=O) groups is 4. The lowest BCUT2D eigenvalue weighted by Gasteiger charge is -2.39. The highest BCUT2D eigenvalue weighted by Crippen LogP contribution is 2.29. The number of aryl methyl sites for hydroxylation is 1. The number of benzene rings is 2. The molecule has 238 valence electrons. The Hall–Kier alpha value is -4.71. The molecule has 1 saturated heterocycles. The van der Waals surface area contributed by atoms with Crippen LogP contribution in [0.2, 0.25) is 0 Å². The van der Waals surface area contributed by atoms with Crippen LogP contribution in [0.25, 0.3) is 0 Å². The Bertz CT molecular complexity index is 1600. The van der Waals surface area contributed by atoms with Gasteiger partial charge in [-0.25, -0.2) is 0 Å². The fourth-order valence-corrected chi connectivity index (χ4v) is 5.83. The first kappa shape index (κ1) is 31.7. The number of fused-ring (bicyclic) bond motifs is 5. The molecule has 2 atom stereocenters. The van der Waals surface area contributed by atoms with Crippen LogP contribution in [0, 0.1) is 13.8 Å². The first-order chi connectivity index (χ1) is 21.6. The number of carbonyl (C=O) groups excluding carboxylic acids is 4. The zero-order valence-electron chi connectivity index (χ0n) is 26.1. The molecule has 2 aliphatic heterocycles. The number of Topliss-reactive ketones (excluding diaryl/α,β-unsaturated/α-hetero) is 1. The number of piperidine rings is 1. The smallest absolute Gasteiger partial charge is 0.251 e. The van der Waals surface area contributed by atoms with E-state index in [0.717, 1.165) is 5.56 Å². The van der Waals surface area contributed by atoms with Crippen LogP contribution in [0.1, 0.15) is 63.9 Å². The number of hydrogen-bond donors (Lipinski definition) is 2. The zero-order valence-corrected chi connectivity index (χ0v) is 26.1. The van der Waals surface area contributed by atoms with Gasteiger partial charge in [0.15, 0.2) is 5.78 Å². The maximum absolute atomic E-state index is 13.4. The number of hydrogen-bond acceptors (Lipinski definition) is 8. The third kappa shape index (κ3) is 7.69. The first-order valence-corrected chi connectivity index (χ1v) is 15.1. The van der Waals surface area contributed by atoms with Crippen LogP contribution < -0.4 is 20.1 Å². The lowest BCUT2D eigenvalue weighted by atomic mass is 10.0. The van der Waals surface area contributed by atoms with E-state index in [4.69, 9.17) is 14.2 Å². The summed E-state index contributed by atoms with van der Waals surface area (Å²) in [6.45, 7) is 6.30. The van der Waals surface area contributed by atoms with Crippen molar-refractivity contribution in [1.29, 1.82) is 0 Å². The summed E-state index contributed by atoms with van der Waals surface area (Å²) in [5.74, 6) is 0.761. The van der Waals surface area contributed by atoms with E-state index in [1.54, 1.807) is 41.6 Å². The standard InChI is InChI=1S/C33H39N5O7/c1-20-32(22(3)39)21(2)38(36-20)18-31(41)37-12-10-29-28(17-37)35-30(40)9-6-11-34-33(42)24-14-26(43-4)16-27(15-24)45-25-8-5-7-23(13-25)19-44-29/h5,7-8,13-16,28-29H,6,9-12,17-19H2,1-4H3,(H,34,42)(H,35,40)/t28-,29-/m0/s1. The van der Waals surface area contributed by atoms with E-state index in [1.165, 1.54) is 14.0 Å². The number of nitrogens with one attached hydrogen (secondary N) is 2.